The van der Waals surface area contributed by atoms with Crippen molar-refractivity contribution in [3.05, 3.63) is 0 Å². The summed E-state index contributed by atoms with van der Waals surface area (Å²) >= 11 is 0. The van der Waals surface area contributed by atoms with Crippen molar-refractivity contribution < 1.29 is 10.0 Å². The Morgan fingerprint density at radius 3 is 2.53 bits per heavy atom. The van der Waals surface area contributed by atoms with Gasteiger partial charge in [-0.2, -0.15) is 0 Å². The predicted octanol–water partition coefficient (Wildman–Crippen LogP) is 2.09. The van der Waals surface area contributed by atoms with E-state index in [1.165, 1.54) is 32.1 Å². The van der Waals surface area contributed by atoms with E-state index in [4.69, 9.17) is 10.9 Å². The van der Waals surface area contributed by atoms with Crippen LogP contribution >= 0.6 is 0 Å². The molecule has 4 N–H and O–H groups in total. The van der Waals surface area contributed by atoms with Crippen molar-refractivity contribution in [1.29, 1.82) is 0 Å². The van der Waals surface area contributed by atoms with Crippen LogP contribution in [0.1, 0.15) is 52.4 Å². The third kappa shape index (κ3) is 5.09. The van der Waals surface area contributed by atoms with Gasteiger partial charge in [-0.25, -0.2) is 0 Å². The highest BCUT2D eigenvalue weighted by Gasteiger charge is 2.26. The average Bonchev–Trinajstić information content (AvgIpc) is 2.39. The van der Waals surface area contributed by atoms with Crippen LogP contribution in [0, 0.1) is 17.8 Å². The van der Waals surface area contributed by atoms with Crippen molar-refractivity contribution in [1.82, 2.24) is 5.32 Å². The zero-order chi connectivity index (χ0) is 14.3. The number of nitrogens with one attached hydrogen (secondary N) is 1. The number of rotatable bonds is 6. The molecule has 0 aromatic heterocycles. The van der Waals surface area contributed by atoms with Crippen molar-refractivity contribution in [2.45, 2.75) is 52.4 Å². The molecule has 1 fully saturated rings. The largest absolute Gasteiger partial charge is 0.409 e. The Bertz CT molecular complexity index is 310. The molecular formula is C14H27N3O2. The minimum atomic E-state index is -0.545. The number of oxime groups is 1. The van der Waals surface area contributed by atoms with Crippen molar-refractivity contribution in [2.24, 2.45) is 28.6 Å². The smallest absolute Gasteiger partial charge is 0.231 e. The molecule has 1 rings (SSSR count). The molecule has 1 aliphatic rings. The number of amidine groups is 1. The number of carbonyl (C=O) groups is 1. The average molecular weight is 269 g/mol. The van der Waals surface area contributed by atoms with Gasteiger partial charge in [0.2, 0.25) is 5.91 Å². The standard InChI is InChI=1S/C14H27N3O2/c1-10(2)12(13(15)17-19)14(18)16-9-8-11-6-4-3-5-7-11/h10-12,19H,3-9H2,1-2H3,(H2,15,17)(H,16,18). The number of carbonyl (C=O) groups excluding carboxylic acids is 1. The Balaban J connectivity index is 2.35. The first-order valence-corrected chi connectivity index (χ1v) is 7.31. The highest BCUT2D eigenvalue weighted by atomic mass is 16.4. The van der Waals surface area contributed by atoms with Crippen molar-refractivity contribution in [3.63, 3.8) is 0 Å². The lowest BCUT2D eigenvalue weighted by Gasteiger charge is -2.23. The van der Waals surface area contributed by atoms with Crippen LogP contribution in [0.4, 0.5) is 0 Å². The van der Waals surface area contributed by atoms with E-state index in [0.717, 1.165) is 12.3 Å². The summed E-state index contributed by atoms with van der Waals surface area (Å²) in [5, 5.41) is 14.6. The first-order chi connectivity index (χ1) is 9.06. The lowest BCUT2D eigenvalue weighted by molar-refractivity contribution is -0.124. The Labute approximate surface area is 115 Å². The van der Waals surface area contributed by atoms with Crippen LogP contribution in [0.3, 0.4) is 0 Å². The molecule has 1 atom stereocenters. The summed E-state index contributed by atoms with van der Waals surface area (Å²) in [6, 6.07) is 0. The SMILES string of the molecule is CC(C)C(C(=O)NCCC1CCCCC1)C(N)=NO. The van der Waals surface area contributed by atoms with Gasteiger partial charge in [0.1, 0.15) is 5.92 Å². The Morgan fingerprint density at radius 2 is 2.00 bits per heavy atom. The zero-order valence-corrected chi connectivity index (χ0v) is 12.1. The number of amides is 1. The summed E-state index contributed by atoms with van der Waals surface area (Å²) in [7, 11) is 0. The summed E-state index contributed by atoms with van der Waals surface area (Å²) in [5.41, 5.74) is 5.57. The highest BCUT2D eigenvalue weighted by Crippen LogP contribution is 2.25. The molecule has 0 bridgehead atoms. The van der Waals surface area contributed by atoms with Gasteiger partial charge >= 0.3 is 0 Å². The number of hydrogen-bond donors (Lipinski definition) is 3. The maximum absolute atomic E-state index is 12.0. The molecule has 0 radical (unpaired) electrons. The third-order valence-electron chi connectivity index (χ3n) is 3.96. The maximum Gasteiger partial charge on any atom is 0.231 e. The monoisotopic (exact) mass is 269 g/mol. The number of nitrogens with zero attached hydrogens (tertiary/aromatic N) is 1. The van der Waals surface area contributed by atoms with E-state index in [1.807, 2.05) is 13.8 Å². The van der Waals surface area contributed by atoms with Gasteiger partial charge in [-0.1, -0.05) is 51.1 Å². The first kappa shape index (κ1) is 15.8. The second-order valence-corrected chi connectivity index (χ2v) is 5.83. The molecule has 0 heterocycles. The summed E-state index contributed by atoms with van der Waals surface area (Å²) < 4.78 is 0. The van der Waals surface area contributed by atoms with E-state index in [-0.39, 0.29) is 17.7 Å². The molecule has 1 aliphatic carbocycles. The molecule has 19 heavy (non-hydrogen) atoms. The topological polar surface area (TPSA) is 87.7 Å². The van der Waals surface area contributed by atoms with Gasteiger partial charge in [0.25, 0.3) is 0 Å². The molecule has 0 saturated heterocycles. The molecule has 5 heteroatoms. The summed E-state index contributed by atoms with van der Waals surface area (Å²) in [5.74, 6) is 0.0728. The number of hydrogen-bond acceptors (Lipinski definition) is 3. The first-order valence-electron chi connectivity index (χ1n) is 7.31. The summed E-state index contributed by atoms with van der Waals surface area (Å²) in [6.45, 7) is 4.47. The Morgan fingerprint density at radius 1 is 1.37 bits per heavy atom. The van der Waals surface area contributed by atoms with Crippen LogP contribution in [0.5, 0.6) is 0 Å². The van der Waals surface area contributed by atoms with Gasteiger partial charge in [0, 0.05) is 6.54 Å². The fourth-order valence-corrected chi connectivity index (χ4v) is 2.83. The van der Waals surface area contributed by atoms with E-state index < -0.39 is 5.92 Å². The lowest BCUT2D eigenvalue weighted by atomic mass is 9.87. The fourth-order valence-electron chi connectivity index (χ4n) is 2.83. The molecule has 1 unspecified atom stereocenters. The van der Waals surface area contributed by atoms with E-state index in [0.29, 0.717) is 6.54 Å². The van der Waals surface area contributed by atoms with Crippen LogP contribution in [0.2, 0.25) is 0 Å². The highest BCUT2D eigenvalue weighted by molar-refractivity contribution is 6.02. The zero-order valence-electron chi connectivity index (χ0n) is 12.1. The second kappa shape index (κ2) is 8.02. The Kier molecular flexibility index (Phi) is 6.67. The molecule has 0 aliphatic heterocycles. The molecule has 110 valence electrons. The maximum atomic E-state index is 12.0. The molecule has 0 aromatic rings. The normalized spacial score (nSPS) is 19.4. The predicted molar refractivity (Wildman–Crippen MR) is 75.9 cm³/mol. The van der Waals surface area contributed by atoms with Crippen LogP contribution < -0.4 is 11.1 Å². The van der Waals surface area contributed by atoms with E-state index >= 15 is 0 Å². The van der Waals surface area contributed by atoms with Crippen LogP contribution in [-0.2, 0) is 4.79 Å². The molecule has 5 nitrogen and oxygen atoms in total. The van der Waals surface area contributed by atoms with Gasteiger partial charge in [0.15, 0.2) is 5.84 Å². The second-order valence-electron chi connectivity index (χ2n) is 5.83. The summed E-state index contributed by atoms with van der Waals surface area (Å²) in [6.07, 6.45) is 7.58. The van der Waals surface area contributed by atoms with Gasteiger partial charge in [-0.05, 0) is 18.3 Å². The van der Waals surface area contributed by atoms with E-state index in [1.54, 1.807) is 0 Å². The van der Waals surface area contributed by atoms with E-state index in [9.17, 15) is 4.79 Å². The van der Waals surface area contributed by atoms with Gasteiger partial charge in [-0.3, -0.25) is 4.79 Å². The Hall–Kier alpha value is -1.26. The third-order valence-corrected chi connectivity index (χ3v) is 3.96. The van der Waals surface area contributed by atoms with Crippen molar-refractivity contribution in [3.8, 4) is 0 Å². The molecular weight excluding hydrogens is 242 g/mol. The molecule has 0 aromatic carbocycles. The van der Waals surface area contributed by atoms with E-state index in [2.05, 4.69) is 10.5 Å². The minimum absolute atomic E-state index is 0.00911. The van der Waals surface area contributed by atoms with Crippen molar-refractivity contribution in [2.75, 3.05) is 6.54 Å². The lowest BCUT2D eigenvalue weighted by Crippen LogP contribution is -2.42. The van der Waals surface area contributed by atoms with Crippen LogP contribution in [-0.4, -0.2) is 23.5 Å². The van der Waals surface area contributed by atoms with Crippen LogP contribution in [0.15, 0.2) is 5.16 Å². The fraction of sp³-hybridized carbons (Fsp3) is 0.857. The molecule has 1 saturated carbocycles. The van der Waals surface area contributed by atoms with Gasteiger partial charge < -0.3 is 16.3 Å². The molecule has 1 amide bonds. The summed E-state index contributed by atoms with van der Waals surface area (Å²) in [4.78, 5) is 12.0. The minimum Gasteiger partial charge on any atom is -0.409 e. The molecule has 0 spiro atoms. The van der Waals surface area contributed by atoms with Crippen molar-refractivity contribution >= 4 is 11.7 Å². The quantitative estimate of drug-likeness (QED) is 0.298. The van der Waals surface area contributed by atoms with Gasteiger partial charge in [0.05, 0.1) is 0 Å². The number of nitrogens with two attached hydrogens (primary N) is 1. The van der Waals surface area contributed by atoms with Gasteiger partial charge in [-0.15, -0.1) is 0 Å². The van der Waals surface area contributed by atoms with Crippen LogP contribution in [0.25, 0.3) is 0 Å².